The van der Waals surface area contributed by atoms with Crippen LogP contribution in [0.15, 0.2) is 54.6 Å². The minimum absolute atomic E-state index is 0.0490. The van der Waals surface area contributed by atoms with Gasteiger partial charge < -0.3 is 25.4 Å². The third-order valence-electron chi connectivity index (χ3n) is 5.79. The van der Waals surface area contributed by atoms with E-state index in [1.165, 1.54) is 7.11 Å². The number of benzene rings is 2. The van der Waals surface area contributed by atoms with Gasteiger partial charge in [-0.3, -0.25) is 4.79 Å². The molecule has 0 aliphatic carbocycles. The van der Waals surface area contributed by atoms with E-state index in [1.54, 1.807) is 0 Å². The van der Waals surface area contributed by atoms with Gasteiger partial charge in [-0.1, -0.05) is 62.4 Å². The van der Waals surface area contributed by atoms with Gasteiger partial charge in [-0.15, -0.1) is 0 Å². The summed E-state index contributed by atoms with van der Waals surface area (Å²) in [5.41, 5.74) is 2.98. The Balaban J connectivity index is 1.64. The van der Waals surface area contributed by atoms with Gasteiger partial charge in [-0.2, -0.15) is 0 Å². The van der Waals surface area contributed by atoms with Gasteiger partial charge in [0, 0.05) is 18.2 Å². The highest BCUT2D eigenvalue weighted by Gasteiger charge is 2.32. The molecule has 8 heteroatoms. The molecule has 2 amide bonds. The number of esters is 1. The molecule has 2 aromatic rings. The highest BCUT2D eigenvalue weighted by atomic mass is 16.5. The molecule has 8 nitrogen and oxygen atoms in total. The predicted molar refractivity (Wildman–Crippen MR) is 129 cm³/mol. The Kier molecular flexibility index (Phi) is 8.90. The lowest BCUT2D eigenvalue weighted by Gasteiger charge is -2.24. The summed E-state index contributed by atoms with van der Waals surface area (Å²) < 4.78 is 10.2. The Morgan fingerprint density at radius 3 is 2.41 bits per heavy atom. The quantitative estimate of drug-likeness (QED) is 0.461. The fourth-order valence-corrected chi connectivity index (χ4v) is 4.09. The average Bonchev–Trinajstić information content (AvgIpc) is 3.24. The standard InChI is InChI=1S/C26H33N3O5/c1-17(2)13-22(29-26(32)34-16-18-9-5-4-6-10-18)24(30)28-23(25(31)33-3)14-19-15-27-21-12-8-7-11-20(19)21/h4-12,17,19,22-23,27H,13-16H2,1-3H3,(H,28,30)(H,29,32)/t19?,22-,23+/m1/s1. The summed E-state index contributed by atoms with van der Waals surface area (Å²) in [7, 11) is 1.30. The maximum atomic E-state index is 13.1. The average molecular weight is 468 g/mol. The van der Waals surface area contributed by atoms with Crippen LogP contribution in [0.5, 0.6) is 0 Å². The zero-order chi connectivity index (χ0) is 24.5. The first kappa shape index (κ1) is 25.1. The van der Waals surface area contributed by atoms with Crippen molar-refractivity contribution in [1.29, 1.82) is 0 Å². The zero-order valence-electron chi connectivity index (χ0n) is 19.9. The maximum Gasteiger partial charge on any atom is 0.408 e. The van der Waals surface area contributed by atoms with Crippen molar-refractivity contribution in [1.82, 2.24) is 10.6 Å². The summed E-state index contributed by atoms with van der Waals surface area (Å²) in [5, 5.41) is 8.78. The maximum absolute atomic E-state index is 13.1. The second-order valence-corrected chi connectivity index (χ2v) is 8.87. The lowest BCUT2D eigenvalue weighted by molar-refractivity contribution is -0.145. The molecule has 0 spiro atoms. The molecule has 1 aliphatic heterocycles. The van der Waals surface area contributed by atoms with E-state index in [1.807, 2.05) is 68.4 Å². The predicted octanol–water partition coefficient (Wildman–Crippen LogP) is 3.58. The van der Waals surface area contributed by atoms with Gasteiger partial charge in [0.1, 0.15) is 18.7 Å². The molecule has 1 aliphatic rings. The number of carbonyl (C=O) groups is 3. The van der Waals surface area contributed by atoms with E-state index in [-0.39, 0.29) is 18.4 Å². The minimum Gasteiger partial charge on any atom is -0.467 e. The molecule has 0 aromatic heterocycles. The first-order chi connectivity index (χ1) is 16.4. The number of rotatable bonds is 10. The number of carbonyl (C=O) groups excluding carboxylic acids is 3. The SMILES string of the molecule is COC(=O)[C@H](CC1CNc2ccccc21)NC(=O)[C@@H](CC(C)C)NC(=O)OCc1ccccc1. The van der Waals surface area contributed by atoms with Crippen LogP contribution in [-0.4, -0.2) is 43.7 Å². The van der Waals surface area contributed by atoms with Gasteiger partial charge in [0.05, 0.1) is 7.11 Å². The molecule has 0 saturated heterocycles. The third-order valence-corrected chi connectivity index (χ3v) is 5.79. The number of hydrogen-bond donors (Lipinski definition) is 3. The molecular formula is C26H33N3O5. The van der Waals surface area contributed by atoms with Crippen LogP contribution in [0.3, 0.4) is 0 Å². The molecule has 1 unspecified atom stereocenters. The van der Waals surface area contributed by atoms with Crippen LogP contribution in [0.2, 0.25) is 0 Å². The summed E-state index contributed by atoms with van der Waals surface area (Å²) in [4.78, 5) is 38.0. The van der Waals surface area contributed by atoms with Gasteiger partial charge in [0.15, 0.2) is 0 Å². The third kappa shape index (κ3) is 6.97. The van der Waals surface area contributed by atoms with E-state index < -0.39 is 30.1 Å². The van der Waals surface area contributed by atoms with Crippen LogP contribution < -0.4 is 16.0 Å². The molecule has 3 rings (SSSR count). The lowest BCUT2D eigenvalue weighted by Crippen LogP contribution is -2.52. The first-order valence-electron chi connectivity index (χ1n) is 11.6. The molecule has 0 bridgehead atoms. The molecule has 182 valence electrons. The van der Waals surface area contributed by atoms with Crippen molar-refractivity contribution in [3.8, 4) is 0 Å². The van der Waals surface area contributed by atoms with Gasteiger partial charge in [-0.05, 0) is 36.0 Å². The Hall–Kier alpha value is -3.55. The Bertz CT molecular complexity index is 979. The van der Waals surface area contributed by atoms with Crippen molar-refractivity contribution in [3.05, 3.63) is 65.7 Å². The second-order valence-electron chi connectivity index (χ2n) is 8.87. The number of methoxy groups -OCH3 is 1. The summed E-state index contributed by atoms with van der Waals surface area (Å²) >= 11 is 0. The Labute approximate surface area is 200 Å². The van der Waals surface area contributed by atoms with Gasteiger partial charge in [-0.25, -0.2) is 9.59 Å². The molecule has 1 heterocycles. The monoisotopic (exact) mass is 467 g/mol. The van der Waals surface area contributed by atoms with Crippen molar-refractivity contribution < 1.29 is 23.9 Å². The number of fused-ring (bicyclic) bond motifs is 1. The normalized spacial score (nSPS) is 16.1. The fourth-order valence-electron chi connectivity index (χ4n) is 4.09. The number of para-hydroxylation sites is 1. The van der Waals surface area contributed by atoms with Crippen LogP contribution in [0, 0.1) is 5.92 Å². The number of nitrogens with one attached hydrogen (secondary N) is 3. The number of alkyl carbamates (subject to hydrolysis) is 1. The summed E-state index contributed by atoms with van der Waals surface area (Å²) in [6.45, 7) is 4.68. The van der Waals surface area contributed by atoms with Crippen molar-refractivity contribution in [3.63, 3.8) is 0 Å². The van der Waals surface area contributed by atoms with Gasteiger partial charge >= 0.3 is 12.1 Å². The van der Waals surface area contributed by atoms with Crippen LogP contribution in [0.4, 0.5) is 10.5 Å². The Morgan fingerprint density at radius 1 is 1.00 bits per heavy atom. The van der Waals surface area contributed by atoms with E-state index >= 15 is 0 Å². The lowest BCUT2D eigenvalue weighted by atomic mass is 9.93. The fraction of sp³-hybridized carbons (Fsp3) is 0.423. The van der Waals surface area contributed by atoms with Crippen molar-refractivity contribution in [2.45, 2.75) is 51.3 Å². The van der Waals surface area contributed by atoms with E-state index in [0.29, 0.717) is 19.4 Å². The minimum atomic E-state index is -0.843. The van der Waals surface area contributed by atoms with E-state index in [2.05, 4.69) is 16.0 Å². The van der Waals surface area contributed by atoms with E-state index in [9.17, 15) is 14.4 Å². The molecule has 3 N–H and O–H groups in total. The molecule has 3 atom stereocenters. The van der Waals surface area contributed by atoms with E-state index in [0.717, 1.165) is 16.8 Å². The van der Waals surface area contributed by atoms with Crippen LogP contribution >= 0.6 is 0 Å². The molecular weight excluding hydrogens is 434 g/mol. The van der Waals surface area contributed by atoms with E-state index in [4.69, 9.17) is 9.47 Å². The number of hydrogen-bond acceptors (Lipinski definition) is 6. The van der Waals surface area contributed by atoms with Crippen molar-refractivity contribution in [2.24, 2.45) is 5.92 Å². The number of anilines is 1. The zero-order valence-corrected chi connectivity index (χ0v) is 19.9. The number of amides is 2. The van der Waals surface area contributed by atoms with Crippen LogP contribution in [-0.2, 0) is 25.7 Å². The summed E-state index contributed by atoms with van der Waals surface area (Å²) in [5.74, 6) is -0.784. The molecule has 0 fully saturated rings. The molecule has 0 radical (unpaired) electrons. The summed E-state index contributed by atoms with van der Waals surface area (Å²) in [6.07, 6.45) is 0.0942. The second kappa shape index (κ2) is 12.1. The van der Waals surface area contributed by atoms with Crippen molar-refractivity contribution in [2.75, 3.05) is 19.0 Å². The molecule has 2 aromatic carbocycles. The number of ether oxygens (including phenoxy) is 2. The van der Waals surface area contributed by atoms with Crippen molar-refractivity contribution >= 4 is 23.7 Å². The highest BCUT2D eigenvalue weighted by molar-refractivity contribution is 5.89. The highest BCUT2D eigenvalue weighted by Crippen LogP contribution is 2.34. The smallest absolute Gasteiger partial charge is 0.408 e. The topological polar surface area (TPSA) is 106 Å². The summed E-state index contributed by atoms with van der Waals surface area (Å²) in [6, 6.07) is 15.5. The van der Waals surface area contributed by atoms with Crippen LogP contribution in [0.25, 0.3) is 0 Å². The van der Waals surface area contributed by atoms with Crippen LogP contribution in [0.1, 0.15) is 43.7 Å². The Morgan fingerprint density at radius 2 is 1.71 bits per heavy atom. The molecule has 0 saturated carbocycles. The molecule has 34 heavy (non-hydrogen) atoms. The first-order valence-corrected chi connectivity index (χ1v) is 11.6. The largest absolute Gasteiger partial charge is 0.467 e. The van der Waals surface area contributed by atoms with Gasteiger partial charge in [0.2, 0.25) is 5.91 Å². The van der Waals surface area contributed by atoms with Gasteiger partial charge in [0.25, 0.3) is 0 Å².